The number of benzene rings is 3. The summed E-state index contributed by atoms with van der Waals surface area (Å²) in [5.41, 5.74) is 2.03. The van der Waals surface area contributed by atoms with Crippen LogP contribution in [0.15, 0.2) is 76.7 Å². The smallest absolute Gasteiger partial charge is 0.262 e. The maximum Gasteiger partial charge on any atom is 0.262 e. The molecule has 4 aromatic rings. The number of anilines is 1. The lowest BCUT2D eigenvalue weighted by molar-refractivity contribution is -0.115. The lowest BCUT2D eigenvalue weighted by Crippen LogP contribution is -2.28. The Hall–Kier alpha value is -3.98. The second-order valence-electron chi connectivity index (χ2n) is 8.51. The van der Waals surface area contributed by atoms with Crippen LogP contribution in [0.25, 0.3) is 10.9 Å². The van der Waals surface area contributed by atoms with Crippen LogP contribution in [0, 0.1) is 0 Å². The lowest BCUT2D eigenvalue weighted by Gasteiger charge is -2.19. The molecule has 0 saturated carbocycles. The molecular weight excluding hydrogens is 490 g/mol. The number of thioether (sulfide) groups is 1. The Morgan fingerprint density at radius 1 is 1.11 bits per heavy atom. The first kappa shape index (κ1) is 24.7. The number of aryl methyl sites for hydroxylation is 1. The van der Waals surface area contributed by atoms with Crippen LogP contribution in [0.2, 0.25) is 0 Å². The van der Waals surface area contributed by atoms with Gasteiger partial charge in [-0.2, -0.15) is 0 Å². The third kappa shape index (κ3) is 5.27. The third-order valence-corrected chi connectivity index (χ3v) is 7.51. The Morgan fingerprint density at radius 2 is 1.84 bits per heavy atom. The molecule has 0 unspecified atom stereocenters. The zero-order chi connectivity index (χ0) is 25.8. The molecule has 3 aromatic carbocycles. The minimum atomic E-state index is -0.480. The van der Waals surface area contributed by atoms with Crippen LogP contribution in [0.1, 0.15) is 18.9 Å². The van der Waals surface area contributed by atoms with E-state index in [9.17, 15) is 9.59 Å². The molecule has 0 radical (unpaired) electrons. The molecule has 1 N–H and O–H groups in total. The number of rotatable bonds is 9. The van der Waals surface area contributed by atoms with Crippen molar-refractivity contribution in [1.29, 1.82) is 0 Å². The van der Waals surface area contributed by atoms with Crippen molar-refractivity contribution in [3.8, 4) is 17.2 Å². The van der Waals surface area contributed by atoms with E-state index in [0.717, 1.165) is 5.56 Å². The van der Waals surface area contributed by atoms with Gasteiger partial charge in [-0.15, -0.1) is 0 Å². The van der Waals surface area contributed by atoms with Gasteiger partial charge in [0.1, 0.15) is 5.75 Å². The predicted molar refractivity (Wildman–Crippen MR) is 144 cm³/mol. The van der Waals surface area contributed by atoms with E-state index in [1.807, 2.05) is 49.4 Å². The van der Waals surface area contributed by atoms with Crippen molar-refractivity contribution in [2.45, 2.75) is 36.7 Å². The Balaban J connectivity index is 1.49. The van der Waals surface area contributed by atoms with E-state index in [0.29, 0.717) is 58.4 Å². The average Bonchev–Trinajstić information content (AvgIpc) is 3.38. The highest BCUT2D eigenvalue weighted by Gasteiger charge is 2.24. The molecule has 9 heteroatoms. The predicted octanol–water partition coefficient (Wildman–Crippen LogP) is 4.89. The molecule has 1 atom stereocenters. The summed E-state index contributed by atoms with van der Waals surface area (Å²) in [5, 5.41) is 3.41. The quantitative estimate of drug-likeness (QED) is 0.250. The number of nitrogens with one attached hydrogen (secondary N) is 1. The molecule has 2 heterocycles. The standard InChI is InChI=1S/C28H27N3O5S/c1-3-25(26(32)29-20-11-7-8-12-22(20)34-2)37-28-30-21-16-24-23(35-17-36-24)15-19(21)27(33)31(28)14-13-18-9-5-4-6-10-18/h4-12,15-16,25H,3,13-14,17H2,1-2H3,(H,29,32)/t25-/m1/s1. The Bertz CT molecular complexity index is 1490. The molecule has 8 nitrogen and oxygen atoms in total. The Kier molecular flexibility index (Phi) is 7.32. The third-order valence-electron chi connectivity index (χ3n) is 6.16. The molecule has 5 rings (SSSR count). The average molecular weight is 518 g/mol. The van der Waals surface area contributed by atoms with Crippen LogP contribution in [-0.2, 0) is 17.8 Å². The fraction of sp³-hybridized carbons (Fsp3) is 0.250. The monoisotopic (exact) mass is 517 g/mol. The molecular formula is C28H27N3O5S. The van der Waals surface area contributed by atoms with Gasteiger partial charge in [0.15, 0.2) is 16.7 Å². The highest BCUT2D eigenvalue weighted by Crippen LogP contribution is 2.36. The topological polar surface area (TPSA) is 91.7 Å². The number of hydrogen-bond acceptors (Lipinski definition) is 7. The number of aromatic nitrogens is 2. The largest absolute Gasteiger partial charge is 0.495 e. The molecule has 1 aromatic heterocycles. The fourth-order valence-electron chi connectivity index (χ4n) is 4.17. The summed E-state index contributed by atoms with van der Waals surface area (Å²) >= 11 is 1.28. The summed E-state index contributed by atoms with van der Waals surface area (Å²) in [5.74, 6) is 1.48. The minimum absolute atomic E-state index is 0.108. The van der Waals surface area contributed by atoms with E-state index in [1.165, 1.54) is 11.8 Å². The van der Waals surface area contributed by atoms with E-state index in [4.69, 9.17) is 19.2 Å². The van der Waals surface area contributed by atoms with E-state index >= 15 is 0 Å². The van der Waals surface area contributed by atoms with Crippen LogP contribution < -0.4 is 25.1 Å². The minimum Gasteiger partial charge on any atom is -0.495 e. The number of para-hydroxylation sites is 2. The van der Waals surface area contributed by atoms with Crippen LogP contribution in [-0.4, -0.2) is 34.6 Å². The number of fused-ring (bicyclic) bond motifs is 2. The van der Waals surface area contributed by atoms with Gasteiger partial charge < -0.3 is 19.5 Å². The van der Waals surface area contributed by atoms with Gasteiger partial charge in [0.05, 0.1) is 29.0 Å². The zero-order valence-corrected chi connectivity index (χ0v) is 21.4. The second kappa shape index (κ2) is 11.0. The molecule has 1 amide bonds. The van der Waals surface area contributed by atoms with Gasteiger partial charge in [0, 0.05) is 12.6 Å². The van der Waals surface area contributed by atoms with E-state index in [2.05, 4.69) is 5.32 Å². The number of carbonyl (C=O) groups excluding carboxylic acids is 1. The summed E-state index contributed by atoms with van der Waals surface area (Å²) in [6.45, 7) is 2.47. The van der Waals surface area contributed by atoms with Gasteiger partial charge in [-0.3, -0.25) is 14.2 Å². The summed E-state index contributed by atoms with van der Waals surface area (Å²) in [7, 11) is 1.56. The first-order valence-electron chi connectivity index (χ1n) is 12.1. The van der Waals surface area contributed by atoms with Crippen LogP contribution in [0.3, 0.4) is 0 Å². The van der Waals surface area contributed by atoms with Gasteiger partial charge in [-0.1, -0.05) is 61.2 Å². The highest BCUT2D eigenvalue weighted by molar-refractivity contribution is 8.00. The maximum atomic E-state index is 13.7. The molecule has 190 valence electrons. The highest BCUT2D eigenvalue weighted by atomic mass is 32.2. The number of ether oxygens (including phenoxy) is 3. The Labute approximate surface area is 218 Å². The van der Waals surface area contributed by atoms with Crippen molar-refractivity contribution in [2.24, 2.45) is 0 Å². The van der Waals surface area contributed by atoms with E-state index < -0.39 is 5.25 Å². The maximum absolute atomic E-state index is 13.7. The fourth-order valence-corrected chi connectivity index (χ4v) is 5.21. The molecule has 0 saturated heterocycles. The molecule has 0 bridgehead atoms. The SMILES string of the molecule is CC[C@@H](Sc1nc2cc3c(cc2c(=O)n1CCc1ccccc1)OCO3)C(=O)Nc1ccccc1OC. The number of nitrogens with zero attached hydrogens (tertiary/aromatic N) is 2. The van der Waals surface area contributed by atoms with Crippen molar-refractivity contribution in [2.75, 3.05) is 19.2 Å². The Morgan fingerprint density at radius 3 is 2.59 bits per heavy atom. The lowest BCUT2D eigenvalue weighted by atomic mass is 10.1. The number of carbonyl (C=O) groups is 1. The van der Waals surface area contributed by atoms with E-state index in [1.54, 1.807) is 35.9 Å². The van der Waals surface area contributed by atoms with Crippen LogP contribution in [0.4, 0.5) is 5.69 Å². The first-order chi connectivity index (χ1) is 18.1. The van der Waals surface area contributed by atoms with Crippen LogP contribution in [0.5, 0.6) is 17.2 Å². The number of methoxy groups -OCH3 is 1. The zero-order valence-electron chi connectivity index (χ0n) is 20.6. The van der Waals surface area contributed by atoms with Crippen molar-refractivity contribution in [1.82, 2.24) is 9.55 Å². The molecule has 37 heavy (non-hydrogen) atoms. The summed E-state index contributed by atoms with van der Waals surface area (Å²) in [4.78, 5) is 31.8. The van der Waals surface area contributed by atoms with Crippen molar-refractivity contribution in [3.63, 3.8) is 0 Å². The molecule has 0 spiro atoms. The second-order valence-corrected chi connectivity index (χ2v) is 9.68. The summed E-state index contributed by atoms with van der Waals surface area (Å²) in [6.07, 6.45) is 1.19. The van der Waals surface area contributed by atoms with Crippen LogP contribution >= 0.6 is 11.8 Å². The molecule has 0 aliphatic carbocycles. The van der Waals surface area contributed by atoms with E-state index in [-0.39, 0.29) is 18.3 Å². The molecule has 1 aliphatic heterocycles. The van der Waals surface area contributed by atoms with Crippen molar-refractivity contribution >= 4 is 34.3 Å². The van der Waals surface area contributed by atoms with Crippen molar-refractivity contribution < 1.29 is 19.0 Å². The van der Waals surface area contributed by atoms with Crippen molar-refractivity contribution in [3.05, 3.63) is 82.6 Å². The normalized spacial score (nSPS) is 12.9. The molecule has 1 aliphatic rings. The first-order valence-corrected chi connectivity index (χ1v) is 12.9. The van der Waals surface area contributed by atoms with Gasteiger partial charge in [0.2, 0.25) is 12.7 Å². The number of amides is 1. The summed E-state index contributed by atoms with van der Waals surface area (Å²) in [6, 6.07) is 20.6. The summed E-state index contributed by atoms with van der Waals surface area (Å²) < 4.78 is 18.0. The van der Waals surface area contributed by atoms with Gasteiger partial charge in [-0.25, -0.2) is 4.98 Å². The van der Waals surface area contributed by atoms with Gasteiger partial charge >= 0.3 is 0 Å². The molecule has 0 fully saturated rings. The van der Waals surface area contributed by atoms with Gasteiger partial charge in [-0.05, 0) is 36.6 Å². The number of hydrogen-bond donors (Lipinski definition) is 1. The van der Waals surface area contributed by atoms with Gasteiger partial charge in [0.25, 0.3) is 5.56 Å².